The van der Waals surface area contributed by atoms with E-state index >= 15 is 0 Å². The van der Waals surface area contributed by atoms with Crippen LogP contribution in [0.3, 0.4) is 0 Å². The highest BCUT2D eigenvalue weighted by Gasteiger charge is 2.11. The molecular weight excluding hydrogens is 316 g/mol. The van der Waals surface area contributed by atoms with Gasteiger partial charge in [-0.3, -0.25) is 0 Å². The van der Waals surface area contributed by atoms with Gasteiger partial charge in [-0.25, -0.2) is 8.42 Å². The summed E-state index contributed by atoms with van der Waals surface area (Å²) in [5, 5.41) is 10.3. The second-order valence-corrected chi connectivity index (χ2v) is 7.92. The number of phenolic OH excluding ortho intramolecular Hbond substituents is 1. The lowest BCUT2D eigenvalue weighted by Crippen LogP contribution is -2.02. The molecule has 0 atom stereocenters. The molecule has 0 amide bonds. The van der Waals surface area contributed by atoms with E-state index in [0.717, 1.165) is 4.90 Å². The van der Waals surface area contributed by atoms with Gasteiger partial charge in [-0.15, -0.1) is 0 Å². The maximum Gasteiger partial charge on any atom is 0.178 e. The molecule has 0 aliphatic carbocycles. The maximum absolute atomic E-state index is 11.7. The third-order valence-corrected chi connectivity index (χ3v) is 5.75. The number of hydrogen-bond acceptors (Lipinski definition) is 4. The van der Waals surface area contributed by atoms with Gasteiger partial charge >= 0.3 is 0 Å². The Morgan fingerprint density at radius 1 is 1.15 bits per heavy atom. The molecule has 1 N–H and O–H groups in total. The monoisotopic (exact) mass is 328 g/mol. The van der Waals surface area contributed by atoms with Crippen molar-refractivity contribution in [3.05, 3.63) is 47.5 Å². The second-order valence-electron chi connectivity index (χ2n) is 4.09. The summed E-state index contributed by atoms with van der Waals surface area (Å²) in [4.78, 5) is 1.76. The molecule has 20 heavy (non-hydrogen) atoms. The number of aromatic hydroxyl groups is 1. The van der Waals surface area contributed by atoms with Crippen LogP contribution in [0, 0.1) is 0 Å². The number of halogens is 1. The minimum absolute atomic E-state index is 0.0779. The van der Waals surface area contributed by atoms with Crippen molar-refractivity contribution in [3.8, 4) is 5.75 Å². The maximum atomic E-state index is 11.7. The first kappa shape index (κ1) is 15.2. The Balaban J connectivity index is 2.25. The predicted molar refractivity (Wildman–Crippen MR) is 81.4 cm³/mol. The van der Waals surface area contributed by atoms with Crippen molar-refractivity contribution in [2.24, 2.45) is 0 Å². The molecule has 0 fully saturated rings. The minimum atomic E-state index is -3.18. The lowest BCUT2D eigenvalue weighted by molar-refractivity contribution is 0.462. The van der Waals surface area contributed by atoms with E-state index in [0.29, 0.717) is 14.8 Å². The zero-order chi connectivity index (χ0) is 14.8. The Hall–Kier alpha value is -1.17. The highest BCUT2D eigenvalue weighted by atomic mass is 35.5. The standard InChI is InChI=1S/C14H13ClO3S2/c1-2-20(17,18)12-6-4-11(5-7-12)19-14-9-10(15)3-8-13(14)16/h3-9,16H,2H2,1H3. The van der Waals surface area contributed by atoms with Crippen molar-refractivity contribution < 1.29 is 13.5 Å². The van der Waals surface area contributed by atoms with Gasteiger partial charge in [-0.2, -0.15) is 0 Å². The lowest BCUT2D eigenvalue weighted by atomic mass is 10.3. The molecule has 0 unspecified atom stereocenters. The molecule has 106 valence electrons. The van der Waals surface area contributed by atoms with E-state index in [4.69, 9.17) is 11.6 Å². The molecule has 0 aromatic heterocycles. The first-order chi connectivity index (χ1) is 9.42. The molecule has 0 bridgehead atoms. The van der Waals surface area contributed by atoms with E-state index in [-0.39, 0.29) is 11.5 Å². The molecule has 0 radical (unpaired) electrons. The Morgan fingerprint density at radius 2 is 1.80 bits per heavy atom. The van der Waals surface area contributed by atoms with Crippen LogP contribution in [0.15, 0.2) is 57.2 Å². The van der Waals surface area contributed by atoms with Crippen LogP contribution in [-0.4, -0.2) is 19.3 Å². The number of benzene rings is 2. The Labute approximate surface area is 127 Å². The van der Waals surface area contributed by atoms with E-state index in [1.807, 2.05) is 0 Å². The molecule has 2 rings (SSSR count). The van der Waals surface area contributed by atoms with Gasteiger partial charge in [0.15, 0.2) is 9.84 Å². The zero-order valence-corrected chi connectivity index (χ0v) is 13.1. The van der Waals surface area contributed by atoms with Gasteiger partial charge in [0, 0.05) is 9.92 Å². The number of sulfone groups is 1. The van der Waals surface area contributed by atoms with Gasteiger partial charge in [0.2, 0.25) is 0 Å². The van der Waals surface area contributed by atoms with Crippen molar-refractivity contribution in [2.45, 2.75) is 21.6 Å². The first-order valence-electron chi connectivity index (χ1n) is 5.91. The predicted octanol–water partition coefficient (Wildman–Crippen LogP) is 3.99. The van der Waals surface area contributed by atoms with Gasteiger partial charge in [0.25, 0.3) is 0 Å². The van der Waals surface area contributed by atoms with Crippen LogP contribution in [0.1, 0.15) is 6.92 Å². The van der Waals surface area contributed by atoms with Gasteiger partial charge in [0.05, 0.1) is 15.5 Å². The van der Waals surface area contributed by atoms with Gasteiger partial charge < -0.3 is 5.11 Å². The van der Waals surface area contributed by atoms with Crippen LogP contribution in [0.2, 0.25) is 5.02 Å². The number of phenols is 1. The van der Waals surface area contributed by atoms with Gasteiger partial charge in [-0.05, 0) is 42.5 Å². The van der Waals surface area contributed by atoms with Crippen molar-refractivity contribution in [3.63, 3.8) is 0 Å². The summed E-state index contributed by atoms with van der Waals surface area (Å²) in [6, 6.07) is 11.4. The largest absolute Gasteiger partial charge is 0.507 e. The smallest absolute Gasteiger partial charge is 0.178 e. The summed E-state index contributed by atoms with van der Waals surface area (Å²) in [5.74, 6) is 0.221. The highest BCUT2D eigenvalue weighted by molar-refractivity contribution is 7.99. The fraction of sp³-hybridized carbons (Fsp3) is 0.143. The van der Waals surface area contributed by atoms with Crippen molar-refractivity contribution in [2.75, 3.05) is 5.75 Å². The average molecular weight is 329 g/mol. The van der Waals surface area contributed by atoms with E-state index in [1.54, 1.807) is 43.3 Å². The molecular formula is C14H13ClO3S2. The second kappa shape index (κ2) is 6.08. The van der Waals surface area contributed by atoms with E-state index in [1.165, 1.54) is 17.8 Å². The molecule has 0 saturated heterocycles. The van der Waals surface area contributed by atoms with Gasteiger partial charge in [0.1, 0.15) is 5.75 Å². The third kappa shape index (κ3) is 3.48. The zero-order valence-electron chi connectivity index (χ0n) is 10.7. The fourth-order valence-corrected chi connectivity index (χ4v) is 3.58. The number of hydrogen-bond donors (Lipinski definition) is 1. The van der Waals surface area contributed by atoms with Crippen LogP contribution in [0.25, 0.3) is 0 Å². The van der Waals surface area contributed by atoms with Crippen molar-refractivity contribution >= 4 is 33.2 Å². The topological polar surface area (TPSA) is 54.4 Å². The molecule has 0 heterocycles. The van der Waals surface area contributed by atoms with Crippen LogP contribution in [-0.2, 0) is 9.84 Å². The highest BCUT2D eigenvalue weighted by Crippen LogP contribution is 2.36. The first-order valence-corrected chi connectivity index (χ1v) is 8.76. The molecule has 3 nitrogen and oxygen atoms in total. The average Bonchev–Trinajstić information content (AvgIpc) is 2.43. The summed E-state index contributed by atoms with van der Waals surface area (Å²) < 4.78 is 23.4. The molecule has 6 heteroatoms. The molecule has 0 spiro atoms. The SMILES string of the molecule is CCS(=O)(=O)c1ccc(Sc2cc(Cl)ccc2O)cc1. The Morgan fingerprint density at radius 3 is 2.40 bits per heavy atom. The lowest BCUT2D eigenvalue weighted by Gasteiger charge is -2.06. The molecule has 2 aromatic carbocycles. The molecule has 0 aliphatic heterocycles. The van der Waals surface area contributed by atoms with Crippen LogP contribution < -0.4 is 0 Å². The fourth-order valence-electron chi connectivity index (χ4n) is 1.58. The third-order valence-electron chi connectivity index (χ3n) is 2.71. The van der Waals surface area contributed by atoms with Crippen LogP contribution in [0.4, 0.5) is 0 Å². The van der Waals surface area contributed by atoms with Crippen molar-refractivity contribution in [1.82, 2.24) is 0 Å². The van der Waals surface area contributed by atoms with Crippen LogP contribution >= 0.6 is 23.4 Å². The molecule has 0 aliphatic rings. The van der Waals surface area contributed by atoms with E-state index < -0.39 is 9.84 Å². The van der Waals surface area contributed by atoms with Gasteiger partial charge in [-0.1, -0.05) is 30.3 Å². The summed E-state index contributed by atoms with van der Waals surface area (Å²) in [6.07, 6.45) is 0. The van der Waals surface area contributed by atoms with Crippen LogP contribution in [0.5, 0.6) is 5.75 Å². The summed E-state index contributed by atoms with van der Waals surface area (Å²) in [6.45, 7) is 1.61. The summed E-state index contributed by atoms with van der Waals surface area (Å²) in [7, 11) is -3.18. The van der Waals surface area contributed by atoms with E-state index in [9.17, 15) is 13.5 Å². The number of rotatable bonds is 4. The summed E-state index contributed by atoms with van der Waals surface area (Å²) in [5.41, 5.74) is 0. The minimum Gasteiger partial charge on any atom is -0.507 e. The Kier molecular flexibility index (Phi) is 4.62. The van der Waals surface area contributed by atoms with Crippen molar-refractivity contribution in [1.29, 1.82) is 0 Å². The summed E-state index contributed by atoms with van der Waals surface area (Å²) >= 11 is 7.21. The Bertz CT molecular complexity index is 710. The molecule has 0 saturated carbocycles. The van der Waals surface area contributed by atoms with E-state index in [2.05, 4.69) is 0 Å². The quantitative estimate of drug-likeness (QED) is 0.922. The normalized spacial score (nSPS) is 11.5. The molecule has 2 aromatic rings.